The molecule has 212 valence electrons. The minimum absolute atomic E-state index is 0.252. The van der Waals surface area contributed by atoms with Gasteiger partial charge < -0.3 is 19.9 Å². The molecular formula is C32H34N4O5. The third-order valence-electron chi connectivity index (χ3n) is 6.72. The van der Waals surface area contributed by atoms with Crippen LogP contribution < -0.4 is 14.8 Å². The van der Waals surface area contributed by atoms with E-state index < -0.39 is 16.8 Å². The summed E-state index contributed by atoms with van der Waals surface area (Å²) in [6.07, 6.45) is 5.13. The lowest BCUT2D eigenvalue weighted by molar-refractivity contribution is -0.146. The van der Waals surface area contributed by atoms with Crippen molar-refractivity contribution < 1.29 is 24.2 Å². The van der Waals surface area contributed by atoms with Gasteiger partial charge in [0, 0.05) is 11.8 Å². The number of ether oxygens (including phenoxy) is 2. The van der Waals surface area contributed by atoms with Gasteiger partial charge in [-0.25, -0.2) is 9.97 Å². The van der Waals surface area contributed by atoms with Gasteiger partial charge in [0.1, 0.15) is 5.75 Å². The highest BCUT2D eigenvalue weighted by atomic mass is 16.5. The van der Waals surface area contributed by atoms with E-state index in [-0.39, 0.29) is 5.91 Å². The summed E-state index contributed by atoms with van der Waals surface area (Å²) < 4.78 is 11.6. The van der Waals surface area contributed by atoms with Crippen LogP contribution in [0.5, 0.6) is 17.4 Å². The van der Waals surface area contributed by atoms with E-state index in [1.165, 1.54) is 6.20 Å². The van der Waals surface area contributed by atoms with Crippen LogP contribution in [0.25, 0.3) is 11.3 Å². The first-order valence-electron chi connectivity index (χ1n) is 13.3. The standard InChI is InChI=1S/C32H34N4O5/c1-6-40-26-11-8-16-34-28(26)41-24-10-7-9-22(17-24)25-19-33-20-27(35-25)36-29(37)32(4,5)23-14-12-21(13-15-23)18-31(2,3)30(38)39/h7-17,19-20H,6,18H2,1-5H3,(H,38,39)(H,35,36,37). The van der Waals surface area contributed by atoms with Crippen molar-refractivity contribution >= 4 is 17.7 Å². The third-order valence-corrected chi connectivity index (χ3v) is 6.72. The zero-order chi connectivity index (χ0) is 29.6. The topological polar surface area (TPSA) is 124 Å². The summed E-state index contributed by atoms with van der Waals surface area (Å²) in [6, 6.07) is 18.4. The van der Waals surface area contributed by atoms with Crippen molar-refractivity contribution in [3.63, 3.8) is 0 Å². The number of nitrogens with one attached hydrogen (secondary N) is 1. The number of anilines is 1. The second kappa shape index (κ2) is 12.2. The third kappa shape index (κ3) is 7.05. The van der Waals surface area contributed by atoms with Gasteiger partial charge in [0.05, 0.1) is 35.5 Å². The van der Waals surface area contributed by atoms with E-state index in [2.05, 4.69) is 20.3 Å². The summed E-state index contributed by atoms with van der Waals surface area (Å²) in [5.41, 5.74) is 1.23. The highest BCUT2D eigenvalue weighted by Crippen LogP contribution is 2.32. The molecule has 9 heteroatoms. The molecule has 0 saturated heterocycles. The molecule has 2 aromatic carbocycles. The van der Waals surface area contributed by atoms with Crippen molar-refractivity contribution in [3.05, 3.63) is 90.4 Å². The van der Waals surface area contributed by atoms with Gasteiger partial charge in [-0.15, -0.1) is 0 Å². The lowest BCUT2D eigenvalue weighted by Crippen LogP contribution is -2.35. The normalized spacial score (nSPS) is 11.5. The maximum absolute atomic E-state index is 13.3. The van der Waals surface area contributed by atoms with Gasteiger partial charge in [-0.05, 0) is 76.4 Å². The Kier molecular flexibility index (Phi) is 8.66. The molecule has 9 nitrogen and oxygen atoms in total. The molecule has 0 saturated carbocycles. The number of pyridine rings is 1. The molecule has 4 rings (SSSR count). The molecule has 0 aliphatic heterocycles. The van der Waals surface area contributed by atoms with Gasteiger partial charge >= 0.3 is 5.97 Å². The molecule has 0 aliphatic rings. The maximum atomic E-state index is 13.3. The minimum Gasteiger partial charge on any atom is -0.488 e. The molecule has 0 bridgehead atoms. The summed E-state index contributed by atoms with van der Waals surface area (Å²) in [5, 5.41) is 12.3. The summed E-state index contributed by atoms with van der Waals surface area (Å²) >= 11 is 0. The molecule has 0 atom stereocenters. The summed E-state index contributed by atoms with van der Waals surface area (Å²) in [6.45, 7) is 9.42. The molecule has 2 N–H and O–H groups in total. The lowest BCUT2D eigenvalue weighted by atomic mass is 9.81. The van der Waals surface area contributed by atoms with E-state index >= 15 is 0 Å². The summed E-state index contributed by atoms with van der Waals surface area (Å²) in [5.74, 6) is 0.668. The Morgan fingerprint density at radius 1 is 0.976 bits per heavy atom. The molecule has 0 spiro atoms. The van der Waals surface area contributed by atoms with Crippen LogP contribution in [0.15, 0.2) is 79.3 Å². The molecule has 2 aromatic heterocycles. The van der Waals surface area contributed by atoms with Crippen LogP contribution >= 0.6 is 0 Å². The maximum Gasteiger partial charge on any atom is 0.309 e. The van der Waals surface area contributed by atoms with Gasteiger partial charge in [0.25, 0.3) is 5.88 Å². The number of amides is 1. The van der Waals surface area contributed by atoms with Gasteiger partial charge in [-0.3, -0.25) is 14.6 Å². The average Bonchev–Trinajstić information content (AvgIpc) is 2.94. The van der Waals surface area contributed by atoms with Gasteiger partial charge in [0.15, 0.2) is 11.6 Å². The number of carbonyl (C=O) groups is 2. The number of carboxylic acids is 1. The molecule has 2 heterocycles. The Morgan fingerprint density at radius 3 is 2.44 bits per heavy atom. The Bertz CT molecular complexity index is 1530. The largest absolute Gasteiger partial charge is 0.488 e. The second-order valence-electron chi connectivity index (χ2n) is 10.8. The first-order chi connectivity index (χ1) is 19.5. The summed E-state index contributed by atoms with van der Waals surface area (Å²) in [7, 11) is 0. The van der Waals surface area contributed by atoms with Crippen molar-refractivity contribution in [2.75, 3.05) is 11.9 Å². The number of nitrogens with zero attached hydrogens (tertiary/aromatic N) is 3. The van der Waals surface area contributed by atoms with Crippen LogP contribution in [0.3, 0.4) is 0 Å². The minimum atomic E-state index is -0.882. The van der Waals surface area contributed by atoms with Crippen LogP contribution in [0.2, 0.25) is 0 Å². The van der Waals surface area contributed by atoms with Gasteiger partial charge in [0.2, 0.25) is 5.91 Å². The molecule has 0 fully saturated rings. The van der Waals surface area contributed by atoms with Crippen LogP contribution in [-0.4, -0.2) is 38.5 Å². The first kappa shape index (κ1) is 29.2. The van der Waals surface area contributed by atoms with Crippen LogP contribution in [0.1, 0.15) is 45.7 Å². The number of hydrogen-bond donors (Lipinski definition) is 2. The molecule has 0 radical (unpaired) electrons. The predicted molar refractivity (Wildman–Crippen MR) is 156 cm³/mol. The smallest absolute Gasteiger partial charge is 0.309 e. The van der Waals surface area contributed by atoms with Crippen molar-refractivity contribution in [1.82, 2.24) is 15.0 Å². The Balaban J connectivity index is 1.48. The van der Waals surface area contributed by atoms with E-state index in [9.17, 15) is 14.7 Å². The van der Waals surface area contributed by atoms with Crippen LogP contribution in [0, 0.1) is 5.41 Å². The predicted octanol–water partition coefficient (Wildman–Crippen LogP) is 6.30. The Morgan fingerprint density at radius 2 is 1.73 bits per heavy atom. The Labute approximate surface area is 239 Å². The Hall–Kier alpha value is -4.79. The number of aromatic nitrogens is 3. The molecular weight excluding hydrogens is 520 g/mol. The van der Waals surface area contributed by atoms with E-state index in [1.54, 1.807) is 38.4 Å². The van der Waals surface area contributed by atoms with Crippen molar-refractivity contribution in [3.8, 4) is 28.6 Å². The second-order valence-corrected chi connectivity index (χ2v) is 10.8. The van der Waals surface area contributed by atoms with Crippen molar-refractivity contribution in [1.29, 1.82) is 0 Å². The molecule has 41 heavy (non-hydrogen) atoms. The van der Waals surface area contributed by atoms with Crippen molar-refractivity contribution in [2.24, 2.45) is 5.41 Å². The fraction of sp³-hybridized carbons (Fsp3) is 0.281. The average molecular weight is 555 g/mol. The summed E-state index contributed by atoms with van der Waals surface area (Å²) in [4.78, 5) is 38.0. The molecule has 0 unspecified atom stereocenters. The van der Waals surface area contributed by atoms with Crippen molar-refractivity contribution in [2.45, 2.75) is 46.5 Å². The van der Waals surface area contributed by atoms with E-state index in [1.807, 2.05) is 69.3 Å². The highest BCUT2D eigenvalue weighted by molar-refractivity contribution is 5.98. The SMILES string of the molecule is CCOc1cccnc1Oc1cccc(-c2cncc(NC(=O)C(C)(C)c3ccc(CC(C)(C)C(=O)O)cc3)n2)c1. The van der Waals surface area contributed by atoms with E-state index in [0.29, 0.717) is 41.9 Å². The number of benzene rings is 2. The van der Waals surface area contributed by atoms with Crippen LogP contribution in [-0.2, 0) is 21.4 Å². The van der Waals surface area contributed by atoms with Crippen LogP contribution in [0.4, 0.5) is 5.82 Å². The van der Waals surface area contributed by atoms with Gasteiger partial charge in [-0.1, -0.05) is 36.4 Å². The monoisotopic (exact) mass is 554 g/mol. The van der Waals surface area contributed by atoms with E-state index in [4.69, 9.17) is 9.47 Å². The fourth-order valence-corrected chi connectivity index (χ4v) is 4.14. The molecule has 1 amide bonds. The molecule has 4 aromatic rings. The first-order valence-corrected chi connectivity index (χ1v) is 13.3. The number of aliphatic carboxylic acids is 1. The molecule has 0 aliphatic carbocycles. The zero-order valence-corrected chi connectivity index (χ0v) is 23.8. The van der Waals surface area contributed by atoms with Gasteiger partial charge in [-0.2, -0.15) is 0 Å². The fourth-order valence-electron chi connectivity index (χ4n) is 4.14. The highest BCUT2D eigenvalue weighted by Gasteiger charge is 2.31. The number of hydrogen-bond acceptors (Lipinski definition) is 7. The lowest BCUT2D eigenvalue weighted by Gasteiger charge is -2.25. The number of carboxylic acid groups (broad SMARTS) is 1. The van der Waals surface area contributed by atoms with E-state index in [0.717, 1.165) is 16.7 Å². The quantitative estimate of drug-likeness (QED) is 0.221. The number of carbonyl (C=O) groups excluding carboxylic acids is 1. The number of rotatable bonds is 11. The zero-order valence-electron chi connectivity index (χ0n) is 23.8.